The highest BCUT2D eigenvalue weighted by Gasteiger charge is 2.22. The van der Waals surface area contributed by atoms with E-state index in [0.717, 1.165) is 25.9 Å². The van der Waals surface area contributed by atoms with E-state index in [1.165, 1.54) is 0 Å². The minimum absolute atomic E-state index is 0.0261. The Morgan fingerprint density at radius 2 is 1.92 bits per heavy atom. The Morgan fingerprint density at radius 1 is 1.25 bits per heavy atom. The molecule has 0 aromatic heterocycles. The van der Waals surface area contributed by atoms with E-state index in [4.69, 9.17) is 0 Å². The summed E-state index contributed by atoms with van der Waals surface area (Å²) in [6, 6.07) is 8.44. The van der Waals surface area contributed by atoms with E-state index < -0.39 is 9.84 Å². The van der Waals surface area contributed by atoms with Crippen LogP contribution in [-0.2, 0) is 14.6 Å². The van der Waals surface area contributed by atoms with Crippen LogP contribution in [0.2, 0.25) is 0 Å². The second-order valence-electron chi connectivity index (χ2n) is 6.60. The molecule has 0 saturated carbocycles. The molecule has 0 radical (unpaired) electrons. The molecule has 1 unspecified atom stereocenters. The fraction of sp³-hybridized carbons (Fsp3) is 0.611. The van der Waals surface area contributed by atoms with Crippen molar-refractivity contribution < 1.29 is 13.2 Å². The van der Waals surface area contributed by atoms with E-state index in [0.29, 0.717) is 36.1 Å². The Bertz CT molecular complexity index is 610. The van der Waals surface area contributed by atoms with Crippen LogP contribution in [0.4, 0.5) is 0 Å². The van der Waals surface area contributed by atoms with Gasteiger partial charge in [-0.1, -0.05) is 25.1 Å². The number of hydrogen-bond donors (Lipinski definition) is 2. The van der Waals surface area contributed by atoms with Crippen molar-refractivity contribution >= 4 is 15.7 Å². The van der Waals surface area contributed by atoms with Gasteiger partial charge in [0.15, 0.2) is 9.84 Å². The molecule has 6 heteroatoms. The average molecular weight is 353 g/mol. The molecule has 1 aliphatic rings. The zero-order valence-corrected chi connectivity index (χ0v) is 15.1. The second-order valence-corrected chi connectivity index (χ2v) is 8.71. The number of amides is 1. The van der Waals surface area contributed by atoms with E-state index in [1.807, 2.05) is 0 Å². The van der Waals surface area contributed by atoms with Crippen molar-refractivity contribution in [1.82, 2.24) is 10.6 Å². The Labute approximate surface area is 145 Å². The van der Waals surface area contributed by atoms with Crippen LogP contribution in [0, 0.1) is 11.8 Å². The van der Waals surface area contributed by atoms with Crippen molar-refractivity contribution in [3.8, 4) is 0 Å². The van der Waals surface area contributed by atoms with E-state index in [9.17, 15) is 13.2 Å². The predicted molar refractivity (Wildman–Crippen MR) is 95.5 cm³/mol. The Kier molecular flexibility index (Phi) is 7.24. The monoisotopic (exact) mass is 352 g/mol. The number of carbonyl (C=O) groups is 1. The third-order valence-corrected chi connectivity index (χ3v) is 6.53. The summed E-state index contributed by atoms with van der Waals surface area (Å²) in [5, 5.41) is 6.19. The lowest BCUT2D eigenvalue weighted by atomic mass is 9.84. The summed E-state index contributed by atoms with van der Waals surface area (Å²) in [5.41, 5.74) is 0. The van der Waals surface area contributed by atoms with Gasteiger partial charge in [0.2, 0.25) is 5.91 Å². The van der Waals surface area contributed by atoms with Crippen molar-refractivity contribution in [2.45, 2.75) is 37.5 Å². The minimum atomic E-state index is -3.26. The van der Waals surface area contributed by atoms with Crippen LogP contribution in [0.1, 0.15) is 32.6 Å². The number of hydrogen-bond acceptors (Lipinski definition) is 4. The van der Waals surface area contributed by atoms with E-state index in [2.05, 4.69) is 17.6 Å². The molecule has 0 bridgehead atoms. The molecule has 1 fully saturated rings. The summed E-state index contributed by atoms with van der Waals surface area (Å²) in [7, 11) is -3.26. The summed E-state index contributed by atoms with van der Waals surface area (Å²) >= 11 is 0. The van der Waals surface area contributed by atoms with Gasteiger partial charge < -0.3 is 10.6 Å². The van der Waals surface area contributed by atoms with Gasteiger partial charge in [0, 0.05) is 13.0 Å². The molecule has 24 heavy (non-hydrogen) atoms. The second kappa shape index (κ2) is 9.18. The first kappa shape index (κ1) is 18.9. The molecule has 2 N–H and O–H groups in total. The van der Waals surface area contributed by atoms with E-state index >= 15 is 0 Å². The summed E-state index contributed by atoms with van der Waals surface area (Å²) in [5.74, 6) is 1.06. The molecule has 0 spiro atoms. The lowest BCUT2D eigenvalue weighted by Crippen LogP contribution is -2.34. The molecule has 1 aromatic rings. The van der Waals surface area contributed by atoms with Gasteiger partial charge in [-0.15, -0.1) is 0 Å². The quantitative estimate of drug-likeness (QED) is 0.702. The van der Waals surface area contributed by atoms with Crippen LogP contribution >= 0.6 is 0 Å². The predicted octanol–water partition coefficient (Wildman–Crippen LogP) is 1.99. The van der Waals surface area contributed by atoms with Gasteiger partial charge in [0.1, 0.15) is 0 Å². The van der Waals surface area contributed by atoms with Gasteiger partial charge in [-0.2, -0.15) is 0 Å². The van der Waals surface area contributed by atoms with Crippen LogP contribution in [0.25, 0.3) is 0 Å². The topological polar surface area (TPSA) is 75.3 Å². The van der Waals surface area contributed by atoms with E-state index in [1.54, 1.807) is 30.3 Å². The lowest BCUT2D eigenvalue weighted by Gasteiger charge is -2.27. The number of piperidine rings is 1. The van der Waals surface area contributed by atoms with E-state index in [-0.39, 0.29) is 11.7 Å². The Balaban J connectivity index is 1.67. The van der Waals surface area contributed by atoms with Gasteiger partial charge in [0.05, 0.1) is 10.6 Å². The van der Waals surface area contributed by atoms with Gasteiger partial charge in [-0.05, 0) is 56.3 Å². The molecule has 0 aliphatic carbocycles. The molecule has 1 atom stereocenters. The maximum absolute atomic E-state index is 12.1. The molecule has 2 rings (SSSR count). The van der Waals surface area contributed by atoms with Gasteiger partial charge in [0.25, 0.3) is 0 Å². The number of rotatable bonds is 8. The first-order chi connectivity index (χ1) is 11.5. The third-order valence-electron chi connectivity index (χ3n) is 4.71. The number of carbonyl (C=O) groups excluding carboxylic acids is 1. The summed E-state index contributed by atoms with van der Waals surface area (Å²) < 4.78 is 24.3. The number of sulfone groups is 1. The van der Waals surface area contributed by atoms with Crippen molar-refractivity contribution in [2.75, 3.05) is 25.4 Å². The maximum atomic E-state index is 12.1. The summed E-state index contributed by atoms with van der Waals surface area (Å²) in [6.45, 7) is 4.61. The van der Waals surface area contributed by atoms with Crippen LogP contribution in [-0.4, -0.2) is 39.7 Å². The molecule has 134 valence electrons. The van der Waals surface area contributed by atoms with Crippen LogP contribution in [0.3, 0.4) is 0 Å². The van der Waals surface area contributed by atoms with Crippen LogP contribution in [0.5, 0.6) is 0 Å². The summed E-state index contributed by atoms with van der Waals surface area (Å²) in [6.07, 6.45) is 3.22. The van der Waals surface area contributed by atoms with Gasteiger partial charge >= 0.3 is 0 Å². The van der Waals surface area contributed by atoms with Crippen molar-refractivity contribution in [3.05, 3.63) is 30.3 Å². The third kappa shape index (κ3) is 5.91. The molecular weight excluding hydrogens is 324 g/mol. The van der Waals surface area contributed by atoms with Crippen molar-refractivity contribution in [1.29, 1.82) is 0 Å². The number of nitrogens with one attached hydrogen (secondary N) is 2. The van der Waals surface area contributed by atoms with Gasteiger partial charge in [-0.25, -0.2) is 8.42 Å². The molecule has 1 aliphatic heterocycles. The SMILES string of the molecule is CC(CC(=O)NCCCS(=O)(=O)c1ccccc1)C1CCNCC1. The molecule has 1 aromatic carbocycles. The molecule has 1 amide bonds. The smallest absolute Gasteiger partial charge is 0.220 e. The fourth-order valence-corrected chi connectivity index (χ4v) is 4.51. The fourth-order valence-electron chi connectivity index (χ4n) is 3.18. The first-order valence-electron chi connectivity index (χ1n) is 8.74. The zero-order chi connectivity index (χ0) is 17.4. The minimum Gasteiger partial charge on any atom is -0.356 e. The molecule has 5 nitrogen and oxygen atoms in total. The Hall–Kier alpha value is -1.40. The van der Waals surface area contributed by atoms with Crippen LogP contribution < -0.4 is 10.6 Å². The molecule has 1 saturated heterocycles. The highest BCUT2D eigenvalue weighted by Crippen LogP contribution is 2.24. The average Bonchev–Trinajstić information content (AvgIpc) is 2.60. The molecule has 1 heterocycles. The maximum Gasteiger partial charge on any atom is 0.220 e. The first-order valence-corrected chi connectivity index (χ1v) is 10.4. The summed E-state index contributed by atoms with van der Waals surface area (Å²) in [4.78, 5) is 12.4. The van der Waals surface area contributed by atoms with Gasteiger partial charge in [-0.3, -0.25) is 4.79 Å². The standard InChI is InChI=1S/C18H28N2O3S/c1-15(16-8-11-19-12-9-16)14-18(21)20-10-5-13-24(22,23)17-6-3-2-4-7-17/h2-4,6-7,15-16,19H,5,8-14H2,1H3,(H,20,21). The van der Waals surface area contributed by atoms with Crippen LogP contribution in [0.15, 0.2) is 35.2 Å². The molecular formula is C18H28N2O3S. The van der Waals surface area contributed by atoms with Crippen molar-refractivity contribution in [2.24, 2.45) is 11.8 Å². The normalized spacial score (nSPS) is 17.4. The Morgan fingerprint density at radius 3 is 2.58 bits per heavy atom. The number of benzene rings is 1. The highest BCUT2D eigenvalue weighted by molar-refractivity contribution is 7.91. The highest BCUT2D eigenvalue weighted by atomic mass is 32.2. The largest absolute Gasteiger partial charge is 0.356 e. The zero-order valence-electron chi connectivity index (χ0n) is 14.3. The lowest BCUT2D eigenvalue weighted by molar-refractivity contribution is -0.122. The van der Waals surface area contributed by atoms with Crippen molar-refractivity contribution in [3.63, 3.8) is 0 Å².